The van der Waals surface area contributed by atoms with Gasteiger partial charge in [-0.1, -0.05) is 23.8 Å². The lowest BCUT2D eigenvalue weighted by molar-refractivity contribution is 0.0953. The van der Waals surface area contributed by atoms with Crippen molar-refractivity contribution >= 4 is 11.6 Å². The summed E-state index contributed by atoms with van der Waals surface area (Å²) < 4.78 is 0. The highest BCUT2D eigenvalue weighted by atomic mass is 16.2. The molecule has 1 amide bonds. The van der Waals surface area contributed by atoms with Gasteiger partial charge >= 0.3 is 0 Å². The average molecular weight is 348 g/mol. The number of rotatable bonds is 6. The maximum Gasteiger partial charge on any atom is 0.261 e. The molecule has 0 saturated heterocycles. The molecule has 0 aliphatic heterocycles. The maximum atomic E-state index is 12.3. The summed E-state index contributed by atoms with van der Waals surface area (Å²) in [7, 11) is 0. The predicted octanol–water partition coefficient (Wildman–Crippen LogP) is 2.59. The highest BCUT2D eigenvalue weighted by Crippen LogP contribution is 2.16. The predicted molar refractivity (Wildman–Crippen MR) is 102 cm³/mol. The van der Waals surface area contributed by atoms with E-state index in [1.165, 1.54) is 0 Å². The van der Waals surface area contributed by atoms with Gasteiger partial charge in [0.1, 0.15) is 5.56 Å². The van der Waals surface area contributed by atoms with Crippen LogP contribution in [0, 0.1) is 6.92 Å². The Bertz CT molecular complexity index is 951. The first kappa shape index (κ1) is 17.4. The first-order chi connectivity index (χ1) is 12.6. The van der Waals surface area contributed by atoms with E-state index < -0.39 is 11.5 Å². The summed E-state index contributed by atoms with van der Waals surface area (Å²) >= 11 is 0. The van der Waals surface area contributed by atoms with E-state index >= 15 is 0 Å². The molecule has 0 radical (unpaired) electrons. The van der Waals surface area contributed by atoms with Crippen molar-refractivity contribution in [1.82, 2.24) is 15.3 Å². The first-order valence-corrected chi connectivity index (χ1v) is 8.36. The highest BCUT2D eigenvalue weighted by molar-refractivity contribution is 5.94. The van der Waals surface area contributed by atoms with Gasteiger partial charge in [0.15, 0.2) is 0 Å². The molecule has 0 atom stereocenters. The quantitative estimate of drug-likeness (QED) is 0.598. The van der Waals surface area contributed by atoms with Crippen molar-refractivity contribution in [1.29, 1.82) is 0 Å². The Kier molecular flexibility index (Phi) is 5.43. The SMILES string of the molecule is Cc1cccc(-c2ccc(C(=O)NCCNc3ccncc3)c(=O)[nH]2)c1. The molecule has 3 N–H and O–H groups in total. The zero-order valence-corrected chi connectivity index (χ0v) is 14.5. The van der Waals surface area contributed by atoms with Crippen LogP contribution in [0.3, 0.4) is 0 Å². The fourth-order valence-corrected chi connectivity index (χ4v) is 2.58. The zero-order valence-electron chi connectivity index (χ0n) is 14.5. The molecule has 0 bridgehead atoms. The molecule has 3 rings (SSSR count). The van der Waals surface area contributed by atoms with Gasteiger partial charge in [0, 0.05) is 36.9 Å². The van der Waals surface area contributed by atoms with Crippen LogP contribution in [-0.2, 0) is 0 Å². The van der Waals surface area contributed by atoms with E-state index in [9.17, 15) is 9.59 Å². The number of aryl methyl sites for hydroxylation is 1. The Morgan fingerprint density at radius 2 is 1.88 bits per heavy atom. The van der Waals surface area contributed by atoms with Gasteiger partial charge in [-0.25, -0.2) is 0 Å². The van der Waals surface area contributed by atoms with Gasteiger partial charge in [-0.3, -0.25) is 14.6 Å². The minimum Gasteiger partial charge on any atom is -0.383 e. The summed E-state index contributed by atoms with van der Waals surface area (Å²) in [5.74, 6) is -0.390. The van der Waals surface area contributed by atoms with Crippen LogP contribution in [0.5, 0.6) is 0 Å². The van der Waals surface area contributed by atoms with Gasteiger partial charge in [0.05, 0.1) is 0 Å². The number of nitrogens with zero attached hydrogens (tertiary/aromatic N) is 1. The normalized spacial score (nSPS) is 10.3. The lowest BCUT2D eigenvalue weighted by Gasteiger charge is -2.08. The Labute approximate surface area is 151 Å². The second-order valence-corrected chi connectivity index (χ2v) is 5.90. The third kappa shape index (κ3) is 4.36. The average Bonchev–Trinajstić information content (AvgIpc) is 2.66. The number of hydrogen-bond donors (Lipinski definition) is 3. The van der Waals surface area contributed by atoms with E-state index in [0.717, 1.165) is 16.8 Å². The Balaban J connectivity index is 1.60. The van der Waals surface area contributed by atoms with Crippen LogP contribution in [-0.4, -0.2) is 29.0 Å². The molecule has 1 aromatic carbocycles. The van der Waals surface area contributed by atoms with Crippen LogP contribution in [0.2, 0.25) is 0 Å². The van der Waals surface area contributed by atoms with Crippen molar-refractivity contribution in [3.8, 4) is 11.3 Å². The van der Waals surface area contributed by atoms with Crippen molar-refractivity contribution in [2.45, 2.75) is 6.92 Å². The van der Waals surface area contributed by atoms with Crippen molar-refractivity contribution in [2.24, 2.45) is 0 Å². The summed E-state index contributed by atoms with van der Waals surface area (Å²) in [6.07, 6.45) is 3.38. The Morgan fingerprint density at radius 1 is 1.08 bits per heavy atom. The minimum absolute atomic E-state index is 0.102. The zero-order chi connectivity index (χ0) is 18.4. The second-order valence-electron chi connectivity index (χ2n) is 5.90. The lowest BCUT2D eigenvalue weighted by atomic mass is 10.1. The van der Waals surface area contributed by atoms with Gasteiger partial charge < -0.3 is 15.6 Å². The minimum atomic E-state index is -0.399. The lowest BCUT2D eigenvalue weighted by Crippen LogP contribution is -2.32. The van der Waals surface area contributed by atoms with Gasteiger partial charge in [-0.05, 0) is 42.8 Å². The van der Waals surface area contributed by atoms with E-state index in [1.807, 2.05) is 43.3 Å². The van der Waals surface area contributed by atoms with E-state index in [1.54, 1.807) is 24.5 Å². The molecular formula is C20H20N4O2. The number of carbonyl (C=O) groups excluding carboxylic acids is 1. The van der Waals surface area contributed by atoms with Crippen LogP contribution < -0.4 is 16.2 Å². The molecule has 132 valence electrons. The topological polar surface area (TPSA) is 86.9 Å². The molecule has 0 saturated carbocycles. The van der Waals surface area contributed by atoms with Crippen LogP contribution >= 0.6 is 0 Å². The number of amides is 1. The van der Waals surface area contributed by atoms with Crippen molar-refractivity contribution in [3.63, 3.8) is 0 Å². The fourth-order valence-electron chi connectivity index (χ4n) is 2.58. The van der Waals surface area contributed by atoms with E-state index in [-0.39, 0.29) is 5.56 Å². The van der Waals surface area contributed by atoms with E-state index in [0.29, 0.717) is 18.8 Å². The summed E-state index contributed by atoms with van der Waals surface area (Å²) in [6.45, 7) is 2.94. The largest absolute Gasteiger partial charge is 0.383 e. The number of aromatic nitrogens is 2. The van der Waals surface area contributed by atoms with E-state index in [4.69, 9.17) is 0 Å². The monoisotopic (exact) mass is 348 g/mol. The number of hydrogen-bond acceptors (Lipinski definition) is 4. The van der Waals surface area contributed by atoms with Crippen LogP contribution in [0.15, 0.2) is 65.7 Å². The Morgan fingerprint density at radius 3 is 2.62 bits per heavy atom. The second kappa shape index (κ2) is 8.11. The first-order valence-electron chi connectivity index (χ1n) is 8.36. The molecule has 0 unspecified atom stereocenters. The number of aromatic amines is 1. The number of anilines is 1. The van der Waals surface area contributed by atoms with Gasteiger partial charge in [-0.15, -0.1) is 0 Å². The van der Waals surface area contributed by atoms with Crippen molar-refractivity contribution in [2.75, 3.05) is 18.4 Å². The number of benzene rings is 1. The van der Waals surface area contributed by atoms with E-state index in [2.05, 4.69) is 20.6 Å². The molecule has 0 spiro atoms. The molecule has 6 nitrogen and oxygen atoms in total. The van der Waals surface area contributed by atoms with Crippen LogP contribution in [0.1, 0.15) is 15.9 Å². The number of carbonyl (C=O) groups is 1. The maximum absolute atomic E-state index is 12.3. The number of pyridine rings is 2. The molecule has 26 heavy (non-hydrogen) atoms. The van der Waals surface area contributed by atoms with Gasteiger partial charge in [-0.2, -0.15) is 0 Å². The van der Waals surface area contributed by atoms with Crippen LogP contribution in [0.4, 0.5) is 5.69 Å². The summed E-state index contributed by atoms with van der Waals surface area (Å²) in [6, 6.07) is 14.8. The fraction of sp³-hybridized carbons (Fsp3) is 0.150. The number of nitrogens with one attached hydrogen (secondary N) is 3. The third-order valence-corrected chi connectivity index (χ3v) is 3.90. The molecular weight excluding hydrogens is 328 g/mol. The summed E-state index contributed by atoms with van der Waals surface area (Å²) in [5.41, 5.74) is 3.33. The summed E-state index contributed by atoms with van der Waals surface area (Å²) in [5, 5.41) is 5.90. The third-order valence-electron chi connectivity index (χ3n) is 3.90. The Hall–Kier alpha value is -3.41. The molecule has 2 aromatic heterocycles. The van der Waals surface area contributed by atoms with Crippen LogP contribution in [0.25, 0.3) is 11.3 Å². The molecule has 3 aromatic rings. The number of H-pyrrole nitrogens is 1. The summed E-state index contributed by atoms with van der Waals surface area (Å²) in [4.78, 5) is 31.2. The van der Waals surface area contributed by atoms with Gasteiger partial charge in [0.2, 0.25) is 0 Å². The highest BCUT2D eigenvalue weighted by Gasteiger charge is 2.11. The molecule has 0 aliphatic rings. The standard InChI is InChI=1S/C20H20N4O2/c1-14-3-2-4-15(13-14)18-6-5-17(20(26)24-18)19(25)23-12-11-22-16-7-9-21-10-8-16/h2-10,13H,11-12H2,1H3,(H,21,22)(H,23,25)(H,24,26). The van der Waals surface area contributed by atoms with Gasteiger partial charge in [0.25, 0.3) is 11.5 Å². The molecule has 2 heterocycles. The molecule has 0 aliphatic carbocycles. The van der Waals surface area contributed by atoms with Crippen molar-refractivity contribution in [3.05, 3.63) is 82.4 Å². The molecule has 6 heteroatoms. The molecule has 0 fully saturated rings. The van der Waals surface area contributed by atoms with Crippen molar-refractivity contribution < 1.29 is 4.79 Å². The smallest absolute Gasteiger partial charge is 0.261 e.